The number of benzene rings is 3. The first-order valence-corrected chi connectivity index (χ1v) is 17.9. The summed E-state index contributed by atoms with van der Waals surface area (Å²) in [5.41, 5.74) is 2.01. The van der Waals surface area contributed by atoms with E-state index in [1.54, 1.807) is 0 Å². The van der Waals surface area contributed by atoms with Gasteiger partial charge >= 0.3 is 0 Å². The molecule has 0 spiro atoms. The molecule has 3 aliphatic heterocycles. The van der Waals surface area contributed by atoms with Crippen molar-refractivity contribution in [1.29, 1.82) is 0 Å². The van der Waals surface area contributed by atoms with Crippen molar-refractivity contribution in [3.63, 3.8) is 0 Å². The Morgan fingerprint density at radius 3 is 2.26 bits per heavy atom. The third kappa shape index (κ3) is 4.88. The maximum Gasteiger partial charge on any atom is 0.258 e. The van der Waals surface area contributed by atoms with Crippen LogP contribution in [0.5, 0.6) is 5.75 Å². The molecule has 8 nitrogen and oxygen atoms in total. The minimum absolute atomic E-state index is 0.0802. The lowest BCUT2D eigenvalue weighted by Crippen LogP contribution is -2.60. The van der Waals surface area contributed by atoms with E-state index in [-0.39, 0.29) is 52.7 Å². The number of aromatic hydroxyl groups is 1. The molecule has 8 rings (SSSR count). The first kappa shape index (κ1) is 33.4. The van der Waals surface area contributed by atoms with E-state index in [4.69, 9.17) is 34.8 Å². The van der Waals surface area contributed by atoms with Gasteiger partial charge in [0.25, 0.3) is 11.8 Å². The van der Waals surface area contributed by atoms with Crippen molar-refractivity contribution in [3.05, 3.63) is 106 Å². The number of imide groups is 2. The number of piperidine rings is 1. The molecule has 258 valence electrons. The Morgan fingerprint density at radius 2 is 1.56 bits per heavy atom. The quantitative estimate of drug-likeness (QED) is 0.185. The molecular formula is C38H33Cl3FN3O5. The summed E-state index contributed by atoms with van der Waals surface area (Å²) in [5.74, 6) is -6.44. The van der Waals surface area contributed by atoms with Crippen molar-refractivity contribution in [2.45, 2.75) is 53.9 Å². The number of allylic oxidation sites excluding steroid dienone is 2. The number of hydrogen-bond donors (Lipinski definition) is 1. The summed E-state index contributed by atoms with van der Waals surface area (Å²) in [7, 11) is 0. The van der Waals surface area contributed by atoms with Gasteiger partial charge in [-0.1, -0.05) is 53.6 Å². The Kier molecular flexibility index (Phi) is 8.14. The molecule has 0 unspecified atom stereocenters. The van der Waals surface area contributed by atoms with Gasteiger partial charge in [0.05, 0.1) is 17.5 Å². The molecule has 50 heavy (non-hydrogen) atoms. The number of alkyl halides is 2. The average Bonchev–Trinajstić information content (AvgIpc) is 3.45. The summed E-state index contributed by atoms with van der Waals surface area (Å²) in [4.78, 5) is 57.8. The molecule has 0 radical (unpaired) electrons. The summed E-state index contributed by atoms with van der Waals surface area (Å²) < 4.78 is 13.9. The van der Waals surface area contributed by atoms with Gasteiger partial charge in [-0.3, -0.25) is 29.0 Å². The number of carbonyl (C=O) groups is 4. The molecule has 1 N–H and O–H groups in total. The van der Waals surface area contributed by atoms with Crippen LogP contribution in [-0.4, -0.2) is 67.4 Å². The number of phenolic OH excluding ortho intramolecular Hbond substituents is 1. The summed E-state index contributed by atoms with van der Waals surface area (Å²) in [6.07, 6.45) is 3.11. The minimum atomic E-state index is -2.16. The third-order valence-corrected chi connectivity index (χ3v) is 13.1. The highest BCUT2D eigenvalue weighted by molar-refractivity contribution is 6.58. The molecule has 5 aliphatic rings. The van der Waals surface area contributed by atoms with E-state index in [9.17, 15) is 28.7 Å². The summed E-state index contributed by atoms with van der Waals surface area (Å²) in [6.45, 7) is 2.24. The van der Waals surface area contributed by atoms with Crippen molar-refractivity contribution in [2.75, 3.05) is 18.0 Å². The van der Waals surface area contributed by atoms with Gasteiger partial charge < -0.3 is 5.11 Å². The van der Waals surface area contributed by atoms with Crippen molar-refractivity contribution in [1.82, 2.24) is 9.80 Å². The highest BCUT2D eigenvalue weighted by Gasteiger charge is 2.77. The van der Waals surface area contributed by atoms with Gasteiger partial charge in [-0.25, -0.2) is 9.29 Å². The Labute approximate surface area is 303 Å². The first-order chi connectivity index (χ1) is 23.9. The molecule has 4 amide bonds. The van der Waals surface area contributed by atoms with Gasteiger partial charge in [-0.15, -0.1) is 23.2 Å². The van der Waals surface area contributed by atoms with E-state index < -0.39 is 51.1 Å². The summed E-state index contributed by atoms with van der Waals surface area (Å²) >= 11 is 21.2. The lowest BCUT2D eigenvalue weighted by atomic mass is 9.56. The molecule has 3 aromatic carbocycles. The lowest BCUT2D eigenvalue weighted by molar-refractivity contribution is -0.144. The monoisotopic (exact) mass is 735 g/mol. The van der Waals surface area contributed by atoms with E-state index in [0.29, 0.717) is 18.4 Å². The molecular weight excluding hydrogens is 704 g/mol. The molecule has 0 aromatic heterocycles. The van der Waals surface area contributed by atoms with E-state index in [1.165, 1.54) is 40.8 Å². The van der Waals surface area contributed by atoms with Crippen LogP contribution in [0, 0.1) is 23.6 Å². The van der Waals surface area contributed by atoms with Gasteiger partial charge in [0.15, 0.2) is 9.75 Å². The van der Waals surface area contributed by atoms with Crippen molar-refractivity contribution >= 4 is 64.1 Å². The van der Waals surface area contributed by atoms with Gasteiger partial charge in [-0.05, 0) is 79.6 Å². The van der Waals surface area contributed by atoms with E-state index in [0.717, 1.165) is 36.7 Å². The Morgan fingerprint density at radius 1 is 0.860 bits per heavy atom. The van der Waals surface area contributed by atoms with Crippen LogP contribution >= 0.6 is 34.8 Å². The van der Waals surface area contributed by atoms with Crippen LogP contribution in [0.25, 0.3) is 0 Å². The zero-order chi connectivity index (χ0) is 35.1. The smallest absolute Gasteiger partial charge is 0.258 e. The fourth-order valence-corrected chi connectivity index (χ4v) is 10.2. The minimum Gasteiger partial charge on any atom is -0.508 e. The Bertz CT molecular complexity index is 1950. The molecule has 3 saturated heterocycles. The van der Waals surface area contributed by atoms with Gasteiger partial charge in [0, 0.05) is 42.2 Å². The van der Waals surface area contributed by atoms with Gasteiger partial charge in [0.2, 0.25) is 11.8 Å². The standard InChI is InChI=1S/C38H33Cl3FN3O5/c39-22-6-13-30(46)28(18-22)32-26-11-12-27-31(34(48)44(33(27)47)25-14-16-43(17-15-25)20-21-4-2-1-3-5-21)29(26)19-37(40)35(49)45(36(50)38(32,37)41)24-9-7-23(42)8-10-24/h1-11,13,18,25,27,29,31-32,46H,12,14-17,19-20H2/t27-,29+,31-,32+,37+,38-/m0/s1. The Hall–Kier alpha value is -3.76. The molecule has 4 fully saturated rings. The van der Waals surface area contributed by atoms with Crippen LogP contribution in [0.15, 0.2) is 84.4 Å². The zero-order valence-electron chi connectivity index (χ0n) is 26.8. The number of amides is 4. The second-order valence-electron chi connectivity index (χ2n) is 14.0. The van der Waals surface area contributed by atoms with E-state index >= 15 is 0 Å². The van der Waals surface area contributed by atoms with Crippen LogP contribution in [-0.2, 0) is 25.7 Å². The van der Waals surface area contributed by atoms with Crippen LogP contribution in [0.1, 0.15) is 42.7 Å². The number of likely N-dealkylation sites (tertiary alicyclic amines) is 2. The van der Waals surface area contributed by atoms with E-state index in [1.807, 2.05) is 24.3 Å². The average molecular weight is 737 g/mol. The van der Waals surface area contributed by atoms with Crippen LogP contribution < -0.4 is 4.90 Å². The number of carbonyl (C=O) groups excluding carboxylic acids is 4. The normalized spacial score (nSPS) is 31.5. The number of nitrogens with zero attached hydrogens (tertiary/aromatic N) is 3. The Balaban J connectivity index is 1.15. The number of halogens is 4. The van der Waals surface area contributed by atoms with Crippen molar-refractivity contribution < 1.29 is 28.7 Å². The molecule has 3 heterocycles. The largest absolute Gasteiger partial charge is 0.508 e. The highest BCUT2D eigenvalue weighted by Crippen LogP contribution is 2.66. The van der Waals surface area contributed by atoms with Crippen LogP contribution in [0.2, 0.25) is 5.02 Å². The summed E-state index contributed by atoms with van der Waals surface area (Å²) in [6, 6.07) is 19.0. The topological polar surface area (TPSA) is 98.2 Å². The molecule has 12 heteroatoms. The van der Waals surface area contributed by atoms with Crippen LogP contribution in [0.3, 0.4) is 0 Å². The fraction of sp³-hybridized carbons (Fsp3) is 0.368. The number of anilines is 1. The SMILES string of the molecule is O=C1[C@H]2[C@H](CC=C3[C@H]2C[C@@]2(Cl)C(=O)N(c4ccc(F)cc4)C(=O)[C@@]2(Cl)[C@H]3c2cc(Cl)ccc2O)C(=O)N1C1CCN(Cc2ccccc2)CC1. The highest BCUT2D eigenvalue weighted by atomic mass is 35.5. The van der Waals surface area contributed by atoms with Crippen molar-refractivity contribution in [3.8, 4) is 5.75 Å². The predicted octanol–water partition coefficient (Wildman–Crippen LogP) is 6.41. The fourth-order valence-electron chi connectivity index (χ4n) is 9.06. The molecule has 1 saturated carbocycles. The zero-order valence-corrected chi connectivity index (χ0v) is 29.0. The number of hydrogen-bond acceptors (Lipinski definition) is 6. The first-order valence-electron chi connectivity index (χ1n) is 16.8. The van der Waals surface area contributed by atoms with Gasteiger partial charge in [-0.2, -0.15) is 0 Å². The van der Waals surface area contributed by atoms with Crippen LogP contribution in [0.4, 0.5) is 10.1 Å². The molecule has 0 bridgehead atoms. The second-order valence-corrected chi connectivity index (χ2v) is 15.7. The molecule has 3 aromatic rings. The lowest BCUT2D eigenvalue weighted by Gasteiger charge is -2.50. The van der Waals surface area contributed by atoms with E-state index in [2.05, 4.69) is 17.0 Å². The molecule has 6 atom stereocenters. The van der Waals surface area contributed by atoms with Crippen molar-refractivity contribution in [2.24, 2.45) is 17.8 Å². The maximum atomic E-state index is 14.5. The second kappa shape index (κ2) is 12.2. The third-order valence-electron chi connectivity index (χ3n) is 11.4. The predicted molar refractivity (Wildman–Crippen MR) is 186 cm³/mol. The maximum absolute atomic E-state index is 14.5. The summed E-state index contributed by atoms with van der Waals surface area (Å²) in [5, 5.41) is 11.4. The molecule has 2 aliphatic carbocycles. The number of phenols is 1. The van der Waals surface area contributed by atoms with Gasteiger partial charge in [0.1, 0.15) is 11.6 Å². The number of fused-ring (bicyclic) bond motifs is 4. The number of rotatable bonds is 5.